The topological polar surface area (TPSA) is 26.0 Å². The Labute approximate surface area is 106 Å². The van der Waals surface area contributed by atoms with Gasteiger partial charge in [0.15, 0.2) is 5.76 Å². The number of hydrogen-bond acceptors (Lipinski definition) is 2. The molecule has 2 aromatic rings. The predicted molar refractivity (Wildman–Crippen MR) is 61.2 cm³/mol. The van der Waals surface area contributed by atoms with Crippen molar-refractivity contribution >= 4 is 11.6 Å². The first-order valence-electron chi connectivity index (χ1n) is 5.16. The molecular weight excluding hydrogens is 267 g/mol. The zero-order chi connectivity index (χ0) is 13.3. The fourth-order valence-corrected chi connectivity index (χ4v) is 1.64. The van der Waals surface area contributed by atoms with Crippen LogP contribution in [0.25, 0.3) is 11.3 Å². The molecule has 0 bridgehead atoms. The number of halogens is 4. The van der Waals surface area contributed by atoms with Crippen LogP contribution in [-0.2, 0) is 6.18 Å². The number of benzene rings is 1. The Balaban J connectivity index is 2.50. The number of aromatic nitrogens is 1. The third-order valence-electron chi connectivity index (χ3n) is 2.36. The molecular formula is C12H9ClF3NO. The van der Waals surface area contributed by atoms with Crippen LogP contribution in [0.2, 0.25) is 0 Å². The minimum Gasteiger partial charge on any atom is -0.439 e. The van der Waals surface area contributed by atoms with Gasteiger partial charge >= 0.3 is 6.18 Å². The van der Waals surface area contributed by atoms with Crippen LogP contribution >= 0.6 is 11.6 Å². The van der Waals surface area contributed by atoms with E-state index in [4.69, 9.17) is 16.0 Å². The van der Waals surface area contributed by atoms with E-state index in [-0.39, 0.29) is 17.2 Å². The molecule has 0 N–H and O–H groups in total. The molecule has 0 saturated carbocycles. The second kappa shape index (κ2) is 4.65. The third-order valence-corrected chi connectivity index (χ3v) is 2.55. The van der Waals surface area contributed by atoms with E-state index < -0.39 is 17.1 Å². The molecule has 1 aromatic heterocycles. The Morgan fingerprint density at radius 3 is 2.50 bits per heavy atom. The molecule has 1 unspecified atom stereocenters. The monoisotopic (exact) mass is 275 g/mol. The van der Waals surface area contributed by atoms with E-state index in [2.05, 4.69) is 4.98 Å². The molecule has 0 amide bonds. The Morgan fingerprint density at radius 2 is 1.94 bits per heavy atom. The average Bonchev–Trinajstić information content (AvgIpc) is 2.77. The summed E-state index contributed by atoms with van der Waals surface area (Å²) in [6, 6.07) is 5.18. The van der Waals surface area contributed by atoms with Gasteiger partial charge in [-0.1, -0.05) is 18.2 Å². The highest BCUT2D eigenvalue weighted by Crippen LogP contribution is 2.37. The smallest absolute Gasteiger partial charge is 0.417 e. The molecule has 0 radical (unpaired) electrons. The van der Waals surface area contributed by atoms with E-state index in [1.165, 1.54) is 24.4 Å². The maximum absolute atomic E-state index is 12.8. The molecule has 1 heterocycles. The fourth-order valence-electron chi connectivity index (χ4n) is 1.54. The predicted octanol–water partition coefficient (Wildman–Crippen LogP) is 4.66. The molecule has 0 aliphatic carbocycles. The van der Waals surface area contributed by atoms with Gasteiger partial charge in [-0.05, 0) is 13.0 Å². The third kappa shape index (κ3) is 2.51. The molecule has 2 rings (SSSR count). The summed E-state index contributed by atoms with van der Waals surface area (Å²) < 4.78 is 43.7. The fraction of sp³-hybridized carbons (Fsp3) is 0.250. The van der Waals surface area contributed by atoms with E-state index >= 15 is 0 Å². The maximum Gasteiger partial charge on any atom is 0.417 e. The first-order chi connectivity index (χ1) is 8.39. The number of hydrogen-bond donors (Lipinski definition) is 0. The summed E-state index contributed by atoms with van der Waals surface area (Å²) in [4.78, 5) is 3.85. The summed E-state index contributed by atoms with van der Waals surface area (Å²) in [7, 11) is 0. The van der Waals surface area contributed by atoms with Crippen molar-refractivity contribution in [2.75, 3.05) is 0 Å². The quantitative estimate of drug-likeness (QED) is 0.745. The van der Waals surface area contributed by atoms with Gasteiger partial charge in [0.25, 0.3) is 0 Å². The van der Waals surface area contributed by atoms with Gasteiger partial charge in [0.1, 0.15) is 5.38 Å². The summed E-state index contributed by atoms with van der Waals surface area (Å²) in [5, 5.41) is -0.489. The molecule has 0 saturated heterocycles. The van der Waals surface area contributed by atoms with Gasteiger partial charge in [0, 0.05) is 5.56 Å². The van der Waals surface area contributed by atoms with Crippen molar-refractivity contribution in [2.45, 2.75) is 18.5 Å². The normalized spacial score (nSPS) is 13.6. The van der Waals surface area contributed by atoms with E-state index in [0.717, 1.165) is 6.07 Å². The largest absolute Gasteiger partial charge is 0.439 e. The SMILES string of the molecule is CC(Cl)c1ncc(-c2ccccc2C(F)(F)F)o1. The van der Waals surface area contributed by atoms with Gasteiger partial charge in [-0.2, -0.15) is 13.2 Å². The average molecular weight is 276 g/mol. The highest BCUT2D eigenvalue weighted by Gasteiger charge is 2.34. The van der Waals surface area contributed by atoms with Crippen LogP contribution in [0, 0.1) is 0 Å². The van der Waals surface area contributed by atoms with Crippen LogP contribution < -0.4 is 0 Å². The molecule has 1 atom stereocenters. The number of alkyl halides is 4. The summed E-state index contributed by atoms with van der Waals surface area (Å²) in [6.07, 6.45) is -3.19. The van der Waals surface area contributed by atoms with Crippen LogP contribution in [0.3, 0.4) is 0 Å². The van der Waals surface area contributed by atoms with Gasteiger partial charge in [0.2, 0.25) is 5.89 Å². The van der Waals surface area contributed by atoms with Gasteiger partial charge in [-0.25, -0.2) is 4.98 Å². The second-order valence-electron chi connectivity index (χ2n) is 3.72. The molecule has 18 heavy (non-hydrogen) atoms. The molecule has 96 valence electrons. The van der Waals surface area contributed by atoms with Crippen LogP contribution in [0.4, 0.5) is 13.2 Å². The number of oxazole rings is 1. The van der Waals surface area contributed by atoms with Gasteiger partial charge in [-0.15, -0.1) is 11.6 Å². The lowest BCUT2D eigenvalue weighted by Crippen LogP contribution is -2.06. The summed E-state index contributed by atoms with van der Waals surface area (Å²) in [5.74, 6) is 0.258. The van der Waals surface area contributed by atoms with Crippen molar-refractivity contribution in [1.29, 1.82) is 0 Å². The van der Waals surface area contributed by atoms with Crippen molar-refractivity contribution in [3.8, 4) is 11.3 Å². The summed E-state index contributed by atoms with van der Waals surface area (Å²) in [6.45, 7) is 1.63. The Kier molecular flexibility index (Phi) is 3.34. The van der Waals surface area contributed by atoms with Crippen LogP contribution in [0.5, 0.6) is 0 Å². The molecule has 0 aliphatic heterocycles. The van der Waals surface area contributed by atoms with Gasteiger partial charge in [0.05, 0.1) is 11.8 Å². The van der Waals surface area contributed by atoms with Crippen LogP contribution in [0.15, 0.2) is 34.9 Å². The number of nitrogens with zero attached hydrogens (tertiary/aromatic N) is 1. The molecule has 6 heteroatoms. The maximum atomic E-state index is 12.8. The number of rotatable bonds is 2. The van der Waals surface area contributed by atoms with E-state index in [0.29, 0.717) is 0 Å². The highest BCUT2D eigenvalue weighted by molar-refractivity contribution is 6.20. The second-order valence-corrected chi connectivity index (χ2v) is 4.38. The Bertz CT molecular complexity index is 548. The minimum atomic E-state index is -4.43. The van der Waals surface area contributed by atoms with Crippen molar-refractivity contribution in [2.24, 2.45) is 0 Å². The van der Waals surface area contributed by atoms with Gasteiger partial charge < -0.3 is 4.42 Å². The lowest BCUT2D eigenvalue weighted by atomic mass is 10.1. The van der Waals surface area contributed by atoms with E-state index in [9.17, 15) is 13.2 Å². The van der Waals surface area contributed by atoms with Crippen molar-refractivity contribution in [3.05, 3.63) is 41.9 Å². The molecule has 0 aliphatic rings. The minimum absolute atomic E-state index is 0.0407. The summed E-state index contributed by atoms with van der Waals surface area (Å²) >= 11 is 5.76. The Hall–Kier alpha value is -1.49. The zero-order valence-electron chi connectivity index (χ0n) is 9.33. The van der Waals surface area contributed by atoms with Crippen LogP contribution in [-0.4, -0.2) is 4.98 Å². The highest BCUT2D eigenvalue weighted by atomic mass is 35.5. The first kappa shape index (κ1) is 13.0. The van der Waals surface area contributed by atoms with E-state index in [1.54, 1.807) is 6.92 Å². The van der Waals surface area contributed by atoms with Gasteiger partial charge in [-0.3, -0.25) is 0 Å². The van der Waals surface area contributed by atoms with Crippen molar-refractivity contribution in [1.82, 2.24) is 4.98 Å². The van der Waals surface area contributed by atoms with Crippen LogP contribution in [0.1, 0.15) is 23.8 Å². The lowest BCUT2D eigenvalue weighted by Gasteiger charge is -2.10. The standard InChI is InChI=1S/C12H9ClF3NO/c1-7(13)11-17-6-10(18-11)8-4-2-3-5-9(8)12(14,15)16/h2-7H,1H3. The van der Waals surface area contributed by atoms with E-state index in [1.807, 2.05) is 0 Å². The molecule has 0 fully saturated rings. The lowest BCUT2D eigenvalue weighted by molar-refractivity contribution is -0.137. The molecule has 0 spiro atoms. The molecule has 1 aromatic carbocycles. The zero-order valence-corrected chi connectivity index (χ0v) is 10.1. The van der Waals surface area contributed by atoms with Crippen molar-refractivity contribution < 1.29 is 17.6 Å². The Morgan fingerprint density at radius 1 is 1.28 bits per heavy atom. The first-order valence-corrected chi connectivity index (χ1v) is 5.59. The molecule has 2 nitrogen and oxygen atoms in total. The summed E-state index contributed by atoms with van der Waals surface area (Å²) in [5.41, 5.74) is -0.795. The van der Waals surface area contributed by atoms with Crippen molar-refractivity contribution in [3.63, 3.8) is 0 Å².